The maximum Gasteiger partial charge on any atom is 0.225 e. The van der Waals surface area contributed by atoms with Crippen LogP contribution in [0.1, 0.15) is 19.5 Å². The van der Waals surface area contributed by atoms with E-state index in [1.807, 2.05) is 61.2 Å². The van der Waals surface area contributed by atoms with Crippen LogP contribution in [0.2, 0.25) is 5.02 Å². The lowest BCUT2D eigenvalue weighted by Crippen LogP contribution is -2.49. The highest BCUT2D eigenvalue weighted by Gasteiger charge is 2.24. The number of imidazole rings is 1. The van der Waals surface area contributed by atoms with Gasteiger partial charge in [-0.3, -0.25) is 9.69 Å². The molecule has 1 aliphatic rings. The third kappa shape index (κ3) is 3.77. The summed E-state index contributed by atoms with van der Waals surface area (Å²) in [4.78, 5) is 21.5. The number of aromatic nitrogens is 2. The zero-order chi connectivity index (χ0) is 19.7. The Morgan fingerprint density at radius 2 is 1.79 bits per heavy atom. The molecule has 0 radical (unpaired) electrons. The van der Waals surface area contributed by atoms with E-state index < -0.39 is 0 Å². The Hall–Kier alpha value is -2.37. The lowest BCUT2D eigenvalue weighted by atomic mass is 10.1. The Bertz CT molecular complexity index is 972. The molecule has 1 amide bonds. The molecule has 1 fully saturated rings. The van der Waals surface area contributed by atoms with Gasteiger partial charge in [0.25, 0.3) is 0 Å². The smallest absolute Gasteiger partial charge is 0.225 e. The van der Waals surface area contributed by atoms with E-state index >= 15 is 0 Å². The van der Waals surface area contributed by atoms with Crippen LogP contribution in [-0.2, 0) is 11.3 Å². The first-order valence-corrected chi connectivity index (χ1v) is 10.1. The number of hydrogen-bond acceptors (Lipinski definition) is 3. The van der Waals surface area contributed by atoms with Gasteiger partial charge in [-0.05, 0) is 24.3 Å². The number of hydrogen-bond donors (Lipinski definition) is 0. The van der Waals surface area contributed by atoms with Crippen molar-refractivity contribution < 1.29 is 4.79 Å². The molecule has 28 heavy (non-hydrogen) atoms. The molecule has 0 spiro atoms. The Labute approximate surface area is 170 Å². The van der Waals surface area contributed by atoms with E-state index in [-0.39, 0.29) is 11.8 Å². The molecule has 0 atom stereocenters. The van der Waals surface area contributed by atoms with Gasteiger partial charge in [0.15, 0.2) is 0 Å². The SMILES string of the molecule is CC(C)C(=O)N1CCN(Cc2c(-c3ccc(Cl)cc3)nc3ccccn23)CC1. The molecule has 0 saturated carbocycles. The number of halogens is 1. The fourth-order valence-electron chi connectivity index (χ4n) is 3.74. The van der Waals surface area contributed by atoms with E-state index in [2.05, 4.69) is 15.5 Å². The second-order valence-electron chi connectivity index (χ2n) is 7.60. The predicted octanol–water partition coefficient (Wildman–Crippen LogP) is 3.95. The van der Waals surface area contributed by atoms with Gasteiger partial charge < -0.3 is 9.30 Å². The van der Waals surface area contributed by atoms with E-state index in [0.717, 1.165) is 54.7 Å². The Morgan fingerprint density at radius 3 is 2.46 bits per heavy atom. The monoisotopic (exact) mass is 396 g/mol. The maximum atomic E-state index is 12.2. The number of carbonyl (C=O) groups excluding carboxylic acids is 1. The van der Waals surface area contributed by atoms with Gasteiger partial charge in [0.05, 0.1) is 11.4 Å². The van der Waals surface area contributed by atoms with E-state index in [1.165, 1.54) is 5.69 Å². The molecular formula is C22H25ClN4O. The molecule has 1 aromatic carbocycles. The number of amides is 1. The van der Waals surface area contributed by atoms with Crippen LogP contribution < -0.4 is 0 Å². The van der Waals surface area contributed by atoms with Crippen molar-refractivity contribution in [1.82, 2.24) is 19.2 Å². The van der Waals surface area contributed by atoms with Crippen molar-refractivity contribution in [3.05, 3.63) is 59.4 Å². The number of piperazine rings is 1. The topological polar surface area (TPSA) is 40.9 Å². The standard InChI is InChI=1S/C22H25ClN4O/c1-16(2)22(28)26-13-11-25(12-14-26)15-19-21(17-6-8-18(23)9-7-17)24-20-5-3-4-10-27(19)20/h3-10,16H,11-15H2,1-2H3. The van der Waals surface area contributed by atoms with Crippen LogP contribution >= 0.6 is 11.6 Å². The zero-order valence-corrected chi connectivity index (χ0v) is 17.1. The highest BCUT2D eigenvalue weighted by molar-refractivity contribution is 6.30. The molecular weight excluding hydrogens is 372 g/mol. The summed E-state index contributed by atoms with van der Waals surface area (Å²) in [5.74, 6) is 0.304. The Morgan fingerprint density at radius 1 is 1.07 bits per heavy atom. The summed E-state index contributed by atoms with van der Waals surface area (Å²) >= 11 is 6.07. The molecule has 2 aromatic heterocycles. The van der Waals surface area contributed by atoms with Crippen molar-refractivity contribution in [2.24, 2.45) is 5.92 Å². The third-order valence-electron chi connectivity index (χ3n) is 5.30. The minimum Gasteiger partial charge on any atom is -0.340 e. The molecule has 5 nitrogen and oxygen atoms in total. The molecule has 0 aliphatic carbocycles. The molecule has 1 aliphatic heterocycles. The zero-order valence-electron chi connectivity index (χ0n) is 16.3. The van der Waals surface area contributed by atoms with E-state index in [1.54, 1.807) is 0 Å². The van der Waals surface area contributed by atoms with Crippen LogP contribution in [0.3, 0.4) is 0 Å². The van der Waals surface area contributed by atoms with Gasteiger partial charge >= 0.3 is 0 Å². The minimum absolute atomic E-state index is 0.0573. The summed E-state index contributed by atoms with van der Waals surface area (Å²) in [6, 6.07) is 13.9. The van der Waals surface area contributed by atoms with E-state index in [9.17, 15) is 4.79 Å². The van der Waals surface area contributed by atoms with Crippen molar-refractivity contribution in [3.63, 3.8) is 0 Å². The van der Waals surface area contributed by atoms with Gasteiger partial charge in [-0.1, -0.05) is 43.6 Å². The fourth-order valence-corrected chi connectivity index (χ4v) is 3.87. The number of carbonyl (C=O) groups is 1. The first kappa shape index (κ1) is 19.0. The fraction of sp³-hybridized carbons (Fsp3) is 0.364. The average molecular weight is 397 g/mol. The molecule has 1 saturated heterocycles. The average Bonchev–Trinajstić information content (AvgIpc) is 3.07. The molecule has 6 heteroatoms. The number of fused-ring (bicyclic) bond motifs is 1. The normalized spacial score (nSPS) is 15.5. The van der Waals surface area contributed by atoms with Crippen LogP contribution in [0.5, 0.6) is 0 Å². The van der Waals surface area contributed by atoms with Crippen molar-refractivity contribution in [2.75, 3.05) is 26.2 Å². The largest absolute Gasteiger partial charge is 0.340 e. The highest BCUT2D eigenvalue weighted by atomic mass is 35.5. The highest BCUT2D eigenvalue weighted by Crippen LogP contribution is 2.27. The first-order chi connectivity index (χ1) is 13.5. The molecule has 146 valence electrons. The van der Waals surface area contributed by atoms with Gasteiger partial charge in [0.2, 0.25) is 5.91 Å². The van der Waals surface area contributed by atoms with Gasteiger partial charge in [0.1, 0.15) is 5.65 Å². The Balaban J connectivity index is 1.59. The summed E-state index contributed by atoms with van der Waals surface area (Å²) in [7, 11) is 0. The maximum absolute atomic E-state index is 12.2. The van der Waals surface area contributed by atoms with Gasteiger partial charge in [-0.15, -0.1) is 0 Å². The predicted molar refractivity (Wildman–Crippen MR) is 112 cm³/mol. The van der Waals surface area contributed by atoms with Crippen LogP contribution in [0.4, 0.5) is 0 Å². The molecule has 3 heterocycles. The van der Waals surface area contributed by atoms with E-state index in [4.69, 9.17) is 16.6 Å². The summed E-state index contributed by atoms with van der Waals surface area (Å²) in [5, 5.41) is 0.722. The van der Waals surface area contributed by atoms with Gasteiger partial charge in [-0.2, -0.15) is 0 Å². The number of pyridine rings is 1. The van der Waals surface area contributed by atoms with Crippen LogP contribution in [0.25, 0.3) is 16.9 Å². The van der Waals surface area contributed by atoms with Crippen LogP contribution in [0.15, 0.2) is 48.7 Å². The van der Waals surface area contributed by atoms with Crippen LogP contribution in [0, 0.1) is 5.92 Å². The second kappa shape index (κ2) is 7.94. The number of benzene rings is 1. The Kier molecular flexibility index (Phi) is 5.38. The second-order valence-corrected chi connectivity index (χ2v) is 8.04. The summed E-state index contributed by atoms with van der Waals surface area (Å²) in [6.07, 6.45) is 2.07. The van der Waals surface area contributed by atoms with Gasteiger partial charge in [-0.25, -0.2) is 4.98 Å². The molecule has 3 aromatic rings. The number of rotatable bonds is 4. The molecule has 4 rings (SSSR count). The minimum atomic E-state index is 0.0573. The molecule has 0 unspecified atom stereocenters. The molecule has 0 N–H and O–H groups in total. The van der Waals surface area contributed by atoms with Gasteiger partial charge in [0, 0.05) is 55.4 Å². The third-order valence-corrected chi connectivity index (χ3v) is 5.55. The van der Waals surface area contributed by atoms with Crippen molar-refractivity contribution in [1.29, 1.82) is 0 Å². The first-order valence-electron chi connectivity index (χ1n) is 9.76. The van der Waals surface area contributed by atoms with Crippen molar-refractivity contribution >= 4 is 23.2 Å². The van der Waals surface area contributed by atoms with E-state index in [0.29, 0.717) is 0 Å². The van der Waals surface area contributed by atoms with Crippen LogP contribution in [-0.4, -0.2) is 51.3 Å². The summed E-state index contributed by atoms with van der Waals surface area (Å²) < 4.78 is 2.16. The summed E-state index contributed by atoms with van der Waals surface area (Å²) in [6.45, 7) is 8.04. The van der Waals surface area contributed by atoms with Crippen molar-refractivity contribution in [2.45, 2.75) is 20.4 Å². The molecule has 0 bridgehead atoms. The lowest BCUT2D eigenvalue weighted by molar-refractivity contribution is -0.136. The van der Waals surface area contributed by atoms with Crippen molar-refractivity contribution in [3.8, 4) is 11.3 Å². The lowest BCUT2D eigenvalue weighted by Gasteiger charge is -2.35. The summed E-state index contributed by atoms with van der Waals surface area (Å²) in [5.41, 5.74) is 4.16. The number of nitrogens with zero attached hydrogens (tertiary/aromatic N) is 4. The quantitative estimate of drug-likeness (QED) is 0.670.